The lowest BCUT2D eigenvalue weighted by molar-refractivity contribution is -0.132. The van der Waals surface area contributed by atoms with Gasteiger partial charge in [-0.2, -0.15) is 8.42 Å². The molecule has 0 N–H and O–H groups in total. The van der Waals surface area contributed by atoms with Gasteiger partial charge in [0.2, 0.25) is 5.04 Å². The molecule has 10 heteroatoms. The lowest BCUT2D eigenvalue weighted by Crippen LogP contribution is -2.15. The predicted molar refractivity (Wildman–Crippen MR) is 119 cm³/mol. The fraction of sp³-hybridized carbons (Fsp3) is 0.250. The van der Waals surface area contributed by atoms with E-state index in [-0.39, 0.29) is 15.9 Å². The van der Waals surface area contributed by atoms with E-state index in [1.807, 2.05) is 24.3 Å². The minimum Gasteiger partial charge on any atom is -0.464 e. The van der Waals surface area contributed by atoms with Crippen LogP contribution in [0.25, 0.3) is 0 Å². The lowest BCUT2D eigenvalue weighted by Gasteiger charge is -2.06. The summed E-state index contributed by atoms with van der Waals surface area (Å²) in [6.07, 6.45) is 0. The van der Waals surface area contributed by atoms with Crippen LogP contribution >= 0.6 is 23.5 Å². The van der Waals surface area contributed by atoms with Crippen LogP contribution in [0.5, 0.6) is 0 Å². The van der Waals surface area contributed by atoms with Crippen LogP contribution in [0.2, 0.25) is 0 Å². The Kier molecular flexibility index (Phi) is 9.41. The average Bonchev–Trinajstić information content (AvgIpc) is 2.73. The van der Waals surface area contributed by atoms with Crippen molar-refractivity contribution < 1.29 is 27.0 Å². The van der Waals surface area contributed by atoms with Crippen LogP contribution in [0.1, 0.15) is 23.6 Å². The zero-order valence-corrected chi connectivity index (χ0v) is 18.9. The van der Waals surface area contributed by atoms with E-state index in [0.717, 1.165) is 22.9 Å². The van der Waals surface area contributed by atoms with Crippen molar-refractivity contribution >= 4 is 49.8 Å². The molecule has 0 amide bonds. The van der Waals surface area contributed by atoms with Crippen molar-refractivity contribution in [3.05, 3.63) is 71.3 Å². The molecule has 0 unspecified atom stereocenters. The Morgan fingerprint density at radius 3 is 2.00 bits per heavy atom. The smallest absolute Gasteiger partial charge is 0.366 e. The summed E-state index contributed by atoms with van der Waals surface area (Å²) in [5.41, 5.74) is 2.43. The fourth-order valence-electron chi connectivity index (χ4n) is 2.17. The van der Waals surface area contributed by atoms with Gasteiger partial charge in [-0.15, -0.1) is 0 Å². The second-order valence-electron chi connectivity index (χ2n) is 6.04. The molecule has 0 radical (unpaired) electrons. The molecule has 2 aromatic carbocycles. The number of hydrogen-bond acceptors (Lipinski definition) is 9. The molecular formula is C20H21NO6S3. The van der Waals surface area contributed by atoms with Crippen molar-refractivity contribution in [1.82, 2.24) is 0 Å². The molecule has 0 bridgehead atoms. The number of ether oxygens (including phenoxy) is 1. The zero-order valence-electron chi connectivity index (χ0n) is 16.4. The summed E-state index contributed by atoms with van der Waals surface area (Å²) in [6, 6.07) is 16.0. The van der Waals surface area contributed by atoms with Gasteiger partial charge < -0.3 is 4.74 Å². The second-order valence-corrected chi connectivity index (χ2v) is 9.71. The van der Waals surface area contributed by atoms with E-state index in [0.29, 0.717) is 17.1 Å². The van der Waals surface area contributed by atoms with Gasteiger partial charge in [0.1, 0.15) is 5.75 Å². The molecule has 0 atom stereocenters. The molecule has 0 saturated carbocycles. The van der Waals surface area contributed by atoms with E-state index >= 15 is 0 Å². The summed E-state index contributed by atoms with van der Waals surface area (Å²) in [5, 5.41) is 3.37. The molecule has 0 aliphatic heterocycles. The zero-order chi connectivity index (χ0) is 22.0. The molecule has 0 saturated heterocycles. The van der Waals surface area contributed by atoms with Crippen molar-refractivity contribution in [1.29, 1.82) is 0 Å². The number of thioether (sulfide) groups is 2. The molecule has 160 valence electrons. The van der Waals surface area contributed by atoms with Crippen LogP contribution in [0.4, 0.5) is 0 Å². The number of esters is 1. The Morgan fingerprint density at radius 1 is 0.900 bits per heavy atom. The molecule has 0 aliphatic carbocycles. The predicted octanol–water partition coefficient (Wildman–Crippen LogP) is 3.73. The van der Waals surface area contributed by atoms with Crippen molar-refractivity contribution in [2.45, 2.75) is 24.2 Å². The highest BCUT2D eigenvalue weighted by atomic mass is 32.2. The van der Waals surface area contributed by atoms with Gasteiger partial charge in [-0.1, -0.05) is 83.3 Å². The van der Waals surface area contributed by atoms with Crippen LogP contribution in [-0.2, 0) is 46.0 Å². The van der Waals surface area contributed by atoms with Crippen molar-refractivity contribution in [2.24, 2.45) is 5.16 Å². The Balaban J connectivity index is 2.00. The molecule has 0 fully saturated rings. The van der Waals surface area contributed by atoms with E-state index in [2.05, 4.69) is 14.2 Å². The Morgan fingerprint density at radius 2 is 1.47 bits per heavy atom. The van der Waals surface area contributed by atoms with Crippen LogP contribution in [0.3, 0.4) is 0 Å². The third-order valence-corrected chi connectivity index (χ3v) is 6.49. The highest BCUT2D eigenvalue weighted by molar-refractivity contribution is 8.15. The summed E-state index contributed by atoms with van der Waals surface area (Å²) in [5.74, 6) is -0.207. The number of nitrogens with zero attached hydrogens (tertiary/aromatic N) is 1. The third-order valence-electron chi connectivity index (χ3n) is 3.62. The van der Waals surface area contributed by atoms with Gasteiger partial charge in [0.25, 0.3) is 0 Å². The normalized spacial score (nSPS) is 11.7. The number of carbonyl (C=O) groups is 2. The monoisotopic (exact) mass is 467 g/mol. The van der Waals surface area contributed by atoms with Crippen LogP contribution in [-0.4, -0.2) is 31.7 Å². The Bertz CT molecular complexity index is 989. The first-order valence-corrected chi connectivity index (χ1v) is 12.3. The summed E-state index contributed by atoms with van der Waals surface area (Å²) >= 11 is 2.23. The number of hydrogen-bond donors (Lipinski definition) is 0. The summed E-state index contributed by atoms with van der Waals surface area (Å²) in [6.45, 7) is 1.52. The lowest BCUT2D eigenvalue weighted by atomic mass is 10.2. The van der Waals surface area contributed by atoms with Gasteiger partial charge in [-0.3, -0.25) is 9.08 Å². The quantitative estimate of drug-likeness (QED) is 0.251. The van der Waals surface area contributed by atoms with E-state index in [9.17, 15) is 18.0 Å². The molecule has 2 rings (SSSR count). The molecule has 0 aliphatic rings. The number of carbonyl (C=O) groups excluding carboxylic acids is 2. The van der Waals surface area contributed by atoms with E-state index in [1.165, 1.54) is 25.8 Å². The van der Waals surface area contributed by atoms with E-state index < -0.39 is 16.1 Å². The SMILES string of the molecule is COC(=O)/C(=N/OS(=O)(=O)Cc1ccccc1)SCc1ccc(CSC(C)=O)cc1. The molecular weight excluding hydrogens is 446 g/mol. The van der Waals surface area contributed by atoms with Gasteiger partial charge in [-0.05, 0) is 16.7 Å². The minimum atomic E-state index is -4.01. The number of oxime groups is 1. The summed E-state index contributed by atoms with van der Waals surface area (Å²) < 4.78 is 33.6. The highest BCUT2D eigenvalue weighted by Gasteiger charge is 2.18. The van der Waals surface area contributed by atoms with Crippen molar-refractivity contribution in [3.8, 4) is 0 Å². The second kappa shape index (κ2) is 11.8. The van der Waals surface area contributed by atoms with Crippen LogP contribution in [0, 0.1) is 0 Å². The average molecular weight is 468 g/mol. The maximum atomic E-state index is 12.1. The van der Waals surface area contributed by atoms with Crippen LogP contribution in [0.15, 0.2) is 59.8 Å². The molecule has 0 spiro atoms. The molecule has 2 aromatic rings. The van der Waals surface area contributed by atoms with Crippen molar-refractivity contribution in [3.63, 3.8) is 0 Å². The number of methoxy groups -OCH3 is 1. The first-order chi connectivity index (χ1) is 14.3. The largest absolute Gasteiger partial charge is 0.464 e. The van der Waals surface area contributed by atoms with Gasteiger partial charge in [0.05, 0.1) is 7.11 Å². The van der Waals surface area contributed by atoms with E-state index in [4.69, 9.17) is 0 Å². The van der Waals surface area contributed by atoms with Gasteiger partial charge in [0.15, 0.2) is 5.12 Å². The molecule has 30 heavy (non-hydrogen) atoms. The Labute approximate surface area is 184 Å². The molecule has 0 aromatic heterocycles. The molecule has 0 heterocycles. The van der Waals surface area contributed by atoms with E-state index in [1.54, 1.807) is 30.3 Å². The van der Waals surface area contributed by atoms with Gasteiger partial charge in [0, 0.05) is 18.4 Å². The maximum absolute atomic E-state index is 12.1. The molecule has 7 nitrogen and oxygen atoms in total. The summed E-state index contributed by atoms with van der Waals surface area (Å²) in [7, 11) is -2.83. The minimum absolute atomic E-state index is 0.0516. The third kappa shape index (κ3) is 8.60. The topological polar surface area (TPSA) is 99.1 Å². The number of benzene rings is 2. The standard InChI is InChI=1S/C20H21NO6S3/c1-15(22)28-12-16-8-10-17(11-9-16)13-29-19(20(23)26-2)21-27-30(24,25)14-18-6-4-3-5-7-18/h3-11H,12-14H2,1-2H3/b21-19-. The highest BCUT2D eigenvalue weighted by Crippen LogP contribution is 2.19. The Hall–Kier alpha value is -2.30. The van der Waals surface area contributed by atoms with Gasteiger partial charge >= 0.3 is 16.1 Å². The first-order valence-electron chi connectivity index (χ1n) is 8.74. The maximum Gasteiger partial charge on any atom is 0.366 e. The van der Waals surface area contributed by atoms with Crippen molar-refractivity contribution in [2.75, 3.05) is 7.11 Å². The summed E-state index contributed by atoms with van der Waals surface area (Å²) in [4.78, 5) is 23.0. The fourth-order valence-corrected chi connectivity index (χ4v) is 4.41. The van der Waals surface area contributed by atoms with Gasteiger partial charge in [-0.25, -0.2) is 4.79 Å². The van der Waals surface area contributed by atoms with Crippen LogP contribution < -0.4 is 0 Å². The number of rotatable bonds is 8. The first kappa shape index (κ1) is 24.0.